The molecule has 0 aliphatic heterocycles. The summed E-state index contributed by atoms with van der Waals surface area (Å²) < 4.78 is 0. The lowest BCUT2D eigenvalue weighted by molar-refractivity contribution is 0.984. The molecule has 12 heavy (non-hydrogen) atoms. The lowest BCUT2D eigenvalue weighted by Gasteiger charge is -2.03. The van der Waals surface area contributed by atoms with Crippen LogP contribution < -0.4 is 10.6 Å². The lowest BCUT2D eigenvalue weighted by Crippen LogP contribution is -2.08. The van der Waals surface area contributed by atoms with E-state index < -0.39 is 0 Å². The smallest absolute Gasteiger partial charge is 0.0354 e. The number of allylic oxidation sites excluding steroid dienone is 4. The quantitative estimate of drug-likeness (QED) is 0.622. The highest BCUT2D eigenvalue weighted by Gasteiger charge is 1.88. The van der Waals surface area contributed by atoms with Crippen LogP contribution in [0.5, 0.6) is 0 Å². The zero-order valence-electron chi connectivity index (χ0n) is 8.31. The SMILES string of the molecule is C/C=C/C(=C\C(=C/C)NC)NC. The molecule has 0 bridgehead atoms. The van der Waals surface area contributed by atoms with Crippen LogP contribution in [0.15, 0.2) is 35.7 Å². The standard InChI is InChI=1S/C10H18N2/c1-5-7-10(12-4)8-9(6-2)11-3/h5-8,11-12H,1-4H3/b7-5+,9-6+,10-8+. The molecule has 0 aromatic heterocycles. The van der Waals surface area contributed by atoms with Crippen LogP contribution in [-0.4, -0.2) is 14.1 Å². The predicted octanol–water partition coefficient (Wildman–Crippen LogP) is 1.79. The van der Waals surface area contributed by atoms with Crippen molar-refractivity contribution in [2.75, 3.05) is 14.1 Å². The van der Waals surface area contributed by atoms with E-state index in [2.05, 4.69) is 16.7 Å². The Bertz CT molecular complexity index is 200. The van der Waals surface area contributed by atoms with E-state index in [0.29, 0.717) is 0 Å². The van der Waals surface area contributed by atoms with Gasteiger partial charge >= 0.3 is 0 Å². The molecule has 0 rings (SSSR count). The molecule has 0 amide bonds. The van der Waals surface area contributed by atoms with E-state index in [4.69, 9.17) is 0 Å². The summed E-state index contributed by atoms with van der Waals surface area (Å²) in [5, 5.41) is 6.18. The van der Waals surface area contributed by atoms with Gasteiger partial charge in [0.05, 0.1) is 0 Å². The summed E-state index contributed by atoms with van der Waals surface area (Å²) in [5.41, 5.74) is 2.21. The Morgan fingerprint density at radius 1 is 1.00 bits per heavy atom. The lowest BCUT2D eigenvalue weighted by atomic mass is 10.3. The van der Waals surface area contributed by atoms with Crippen molar-refractivity contribution >= 4 is 0 Å². The third-order valence-corrected chi connectivity index (χ3v) is 1.55. The Kier molecular flexibility index (Phi) is 5.88. The molecule has 0 aromatic carbocycles. The second kappa shape index (κ2) is 6.53. The molecule has 2 heteroatoms. The van der Waals surface area contributed by atoms with Gasteiger partial charge in [0.25, 0.3) is 0 Å². The Labute approximate surface area is 75.1 Å². The number of hydrogen-bond donors (Lipinski definition) is 2. The fourth-order valence-electron chi connectivity index (χ4n) is 0.851. The molecule has 0 heterocycles. The highest BCUT2D eigenvalue weighted by molar-refractivity contribution is 5.27. The van der Waals surface area contributed by atoms with Crippen molar-refractivity contribution in [3.63, 3.8) is 0 Å². The summed E-state index contributed by atoms with van der Waals surface area (Å²) in [7, 11) is 3.82. The van der Waals surface area contributed by atoms with Gasteiger partial charge in [0.1, 0.15) is 0 Å². The van der Waals surface area contributed by atoms with E-state index in [0.717, 1.165) is 11.4 Å². The number of hydrogen-bond acceptors (Lipinski definition) is 2. The predicted molar refractivity (Wildman–Crippen MR) is 54.8 cm³/mol. The summed E-state index contributed by atoms with van der Waals surface area (Å²) in [6.07, 6.45) is 8.12. The van der Waals surface area contributed by atoms with Crippen LogP contribution in [0, 0.1) is 0 Å². The maximum Gasteiger partial charge on any atom is 0.0354 e. The zero-order valence-corrected chi connectivity index (χ0v) is 8.31. The van der Waals surface area contributed by atoms with Gasteiger partial charge < -0.3 is 10.6 Å². The number of likely N-dealkylation sites (N-methyl/N-ethyl adjacent to an activating group) is 2. The van der Waals surface area contributed by atoms with Crippen molar-refractivity contribution in [2.24, 2.45) is 0 Å². The Morgan fingerprint density at radius 3 is 1.92 bits per heavy atom. The molecule has 68 valence electrons. The largest absolute Gasteiger partial charge is 0.388 e. The number of rotatable bonds is 4. The maximum atomic E-state index is 3.10. The third kappa shape index (κ3) is 3.86. The second-order valence-electron chi connectivity index (χ2n) is 2.34. The van der Waals surface area contributed by atoms with Crippen LogP contribution in [0.1, 0.15) is 13.8 Å². The molecule has 0 saturated carbocycles. The highest BCUT2D eigenvalue weighted by atomic mass is 14.9. The van der Waals surface area contributed by atoms with Crippen LogP contribution in [0.3, 0.4) is 0 Å². The third-order valence-electron chi connectivity index (χ3n) is 1.55. The van der Waals surface area contributed by atoms with Gasteiger partial charge in [0.2, 0.25) is 0 Å². The summed E-state index contributed by atoms with van der Waals surface area (Å²) in [5.74, 6) is 0. The molecule has 0 saturated heterocycles. The van der Waals surface area contributed by atoms with Crippen LogP contribution in [0.25, 0.3) is 0 Å². The van der Waals surface area contributed by atoms with Crippen LogP contribution in [-0.2, 0) is 0 Å². The van der Waals surface area contributed by atoms with Crippen molar-refractivity contribution < 1.29 is 0 Å². The van der Waals surface area contributed by atoms with Gasteiger partial charge in [-0.05, 0) is 26.0 Å². The number of nitrogens with one attached hydrogen (secondary N) is 2. The highest BCUT2D eigenvalue weighted by Crippen LogP contribution is 1.97. The first-order valence-corrected chi connectivity index (χ1v) is 4.14. The molecule has 0 unspecified atom stereocenters. The van der Waals surface area contributed by atoms with Crippen LogP contribution in [0.4, 0.5) is 0 Å². The fraction of sp³-hybridized carbons (Fsp3) is 0.400. The van der Waals surface area contributed by atoms with Gasteiger partial charge in [0, 0.05) is 25.5 Å². The molecular formula is C10H18N2. The van der Waals surface area contributed by atoms with Crippen LogP contribution in [0.2, 0.25) is 0 Å². The van der Waals surface area contributed by atoms with E-state index in [-0.39, 0.29) is 0 Å². The average Bonchev–Trinajstić information content (AvgIpc) is 2.12. The molecule has 0 aromatic rings. The second-order valence-corrected chi connectivity index (χ2v) is 2.34. The molecule has 2 N–H and O–H groups in total. The molecular weight excluding hydrogens is 148 g/mol. The minimum absolute atomic E-state index is 1.10. The zero-order chi connectivity index (χ0) is 9.40. The minimum atomic E-state index is 1.10. The van der Waals surface area contributed by atoms with E-state index >= 15 is 0 Å². The molecule has 0 spiro atoms. The minimum Gasteiger partial charge on any atom is -0.388 e. The maximum absolute atomic E-state index is 3.10. The normalized spacial score (nSPS) is 13.7. The first kappa shape index (κ1) is 10.8. The molecule has 0 radical (unpaired) electrons. The van der Waals surface area contributed by atoms with Crippen molar-refractivity contribution in [3.8, 4) is 0 Å². The Balaban J connectivity index is 4.46. The van der Waals surface area contributed by atoms with Crippen molar-refractivity contribution in [1.29, 1.82) is 0 Å². The van der Waals surface area contributed by atoms with Gasteiger partial charge in [-0.2, -0.15) is 0 Å². The van der Waals surface area contributed by atoms with Gasteiger partial charge in [-0.15, -0.1) is 0 Å². The van der Waals surface area contributed by atoms with Gasteiger partial charge in [-0.3, -0.25) is 0 Å². The summed E-state index contributed by atoms with van der Waals surface area (Å²) >= 11 is 0. The topological polar surface area (TPSA) is 24.1 Å². The summed E-state index contributed by atoms with van der Waals surface area (Å²) in [6, 6.07) is 0. The summed E-state index contributed by atoms with van der Waals surface area (Å²) in [4.78, 5) is 0. The molecule has 0 fully saturated rings. The van der Waals surface area contributed by atoms with Gasteiger partial charge in [-0.1, -0.05) is 12.2 Å². The van der Waals surface area contributed by atoms with Gasteiger partial charge in [0.15, 0.2) is 0 Å². The van der Waals surface area contributed by atoms with Crippen molar-refractivity contribution in [1.82, 2.24) is 10.6 Å². The van der Waals surface area contributed by atoms with Crippen molar-refractivity contribution in [2.45, 2.75) is 13.8 Å². The monoisotopic (exact) mass is 166 g/mol. The molecule has 0 aliphatic rings. The van der Waals surface area contributed by atoms with Crippen LogP contribution >= 0.6 is 0 Å². The Morgan fingerprint density at radius 2 is 1.58 bits per heavy atom. The Hall–Kier alpha value is -1.18. The molecule has 0 aliphatic carbocycles. The fourth-order valence-corrected chi connectivity index (χ4v) is 0.851. The van der Waals surface area contributed by atoms with E-state index in [9.17, 15) is 0 Å². The average molecular weight is 166 g/mol. The first-order chi connectivity index (χ1) is 5.78. The van der Waals surface area contributed by atoms with Crippen molar-refractivity contribution in [3.05, 3.63) is 35.7 Å². The molecule has 0 atom stereocenters. The molecule has 2 nitrogen and oxygen atoms in total. The summed E-state index contributed by atoms with van der Waals surface area (Å²) in [6.45, 7) is 4.01. The first-order valence-electron chi connectivity index (χ1n) is 4.14. The van der Waals surface area contributed by atoms with E-state index in [1.54, 1.807) is 0 Å². The van der Waals surface area contributed by atoms with E-state index in [1.807, 2.05) is 46.2 Å². The van der Waals surface area contributed by atoms with E-state index in [1.165, 1.54) is 0 Å². The van der Waals surface area contributed by atoms with Gasteiger partial charge in [-0.25, -0.2) is 0 Å².